The molecule has 12 heteroatoms. The first-order chi connectivity index (χ1) is 14.1. The summed E-state index contributed by atoms with van der Waals surface area (Å²) in [6.45, 7) is 0. The molecule has 0 saturated carbocycles. The van der Waals surface area contributed by atoms with E-state index in [4.69, 9.17) is 11.0 Å². The van der Waals surface area contributed by atoms with Gasteiger partial charge in [0.05, 0.1) is 17.3 Å². The minimum atomic E-state index is -4.68. The number of amides is 1. The number of aliphatic imine (C=N–C) groups is 1. The molecule has 2 aromatic rings. The first kappa shape index (κ1) is 20.8. The molecular formula is C18H15F3N6O3. The number of hydrogen-bond donors (Lipinski definition) is 2. The number of nitriles is 1. The Morgan fingerprint density at radius 2 is 2.17 bits per heavy atom. The van der Waals surface area contributed by atoms with E-state index < -0.39 is 42.2 Å². The van der Waals surface area contributed by atoms with E-state index in [0.717, 1.165) is 4.57 Å². The summed E-state index contributed by atoms with van der Waals surface area (Å²) in [5.41, 5.74) is 5.13. The van der Waals surface area contributed by atoms with Gasteiger partial charge in [-0.3, -0.25) is 9.59 Å². The number of hydrogen-bond acceptors (Lipinski definition) is 7. The number of ether oxygens (including phenoxy) is 1. The number of amidine groups is 1. The summed E-state index contributed by atoms with van der Waals surface area (Å²) in [4.78, 5) is 32.5. The lowest BCUT2D eigenvalue weighted by Gasteiger charge is -2.28. The highest BCUT2D eigenvalue weighted by molar-refractivity contribution is 6.02. The van der Waals surface area contributed by atoms with Crippen molar-refractivity contribution in [2.75, 3.05) is 5.32 Å². The van der Waals surface area contributed by atoms with Crippen LogP contribution in [0.3, 0.4) is 0 Å². The SMILES string of the molecule is Cn1cc(NC(=O)c2ccc(C#N)cn2)cc(C2CC(C(F)(F)F)OC(N)=N2)c1=O. The first-order valence-corrected chi connectivity index (χ1v) is 8.53. The van der Waals surface area contributed by atoms with Gasteiger partial charge in [0.2, 0.25) is 0 Å². The zero-order chi connectivity index (χ0) is 22.1. The first-order valence-electron chi connectivity index (χ1n) is 8.53. The number of pyridine rings is 2. The lowest BCUT2D eigenvalue weighted by Crippen LogP contribution is -2.41. The monoisotopic (exact) mass is 420 g/mol. The van der Waals surface area contributed by atoms with Crippen LogP contribution in [0.5, 0.6) is 0 Å². The molecule has 2 aromatic heterocycles. The normalized spacial score (nSPS) is 18.7. The molecule has 0 radical (unpaired) electrons. The van der Waals surface area contributed by atoms with Crippen molar-refractivity contribution in [1.29, 1.82) is 5.26 Å². The Morgan fingerprint density at radius 3 is 2.77 bits per heavy atom. The Balaban J connectivity index is 1.90. The third-order valence-electron chi connectivity index (χ3n) is 4.30. The van der Waals surface area contributed by atoms with Crippen LogP contribution in [-0.2, 0) is 11.8 Å². The molecule has 3 rings (SSSR count). The lowest BCUT2D eigenvalue weighted by molar-refractivity contribution is -0.204. The van der Waals surface area contributed by atoms with E-state index in [1.54, 1.807) is 0 Å². The third-order valence-corrected chi connectivity index (χ3v) is 4.30. The molecule has 2 atom stereocenters. The second kappa shape index (κ2) is 7.86. The number of carbonyl (C=O) groups is 1. The van der Waals surface area contributed by atoms with Crippen molar-refractivity contribution < 1.29 is 22.7 Å². The van der Waals surface area contributed by atoms with Gasteiger partial charge in [0.15, 0.2) is 6.10 Å². The zero-order valence-electron chi connectivity index (χ0n) is 15.5. The van der Waals surface area contributed by atoms with Crippen LogP contribution in [0.2, 0.25) is 0 Å². The molecule has 30 heavy (non-hydrogen) atoms. The summed E-state index contributed by atoms with van der Waals surface area (Å²) < 4.78 is 44.9. The Bertz CT molecular complexity index is 1100. The summed E-state index contributed by atoms with van der Waals surface area (Å²) in [6.07, 6.45) is -4.99. The van der Waals surface area contributed by atoms with Crippen molar-refractivity contribution in [3.63, 3.8) is 0 Å². The number of nitrogens with zero attached hydrogens (tertiary/aromatic N) is 4. The average Bonchev–Trinajstić information content (AvgIpc) is 2.69. The highest BCUT2D eigenvalue weighted by atomic mass is 19.4. The molecule has 0 aliphatic carbocycles. The van der Waals surface area contributed by atoms with Gasteiger partial charge >= 0.3 is 6.18 Å². The van der Waals surface area contributed by atoms with Gasteiger partial charge in [-0.25, -0.2) is 9.98 Å². The Hall–Kier alpha value is -3.88. The van der Waals surface area contributed by atoms with Crippen molar-refractivity contribution in [1.82, 2.24) is 9.55 Å². The molecule has 0 aromatic carbocycles. The molecule has 1 aliphatic rings. The molecule has 3 heterocycles. The topological polar surface area (TPSA) is 135 Å². The molecular weight excluding hydrogens is 405 g/mol. The standard InChI is InChI=1S/C18H15F3N6O3/c1-27-8-10(25-15(28)12-3-2-9(6-22)7-24-12)4-11(16(27)29)13-5-14(18(19,20)21)30-17(23)26-13/h2-4,7-8,13-14H,5H2,1H3,(H2,23,26)(H,25,28). The smallest absolute Gasteiger partial charge is 0.425 e. The predicted octanol–water partition coefficient (Wildman–Crippen LogP) is 1.61. The van der Waals surface area contributed by atoms with Crippen LogP contribution in [0.25, 0.3) is 0 Å². The van der Waals surface area contributed by atoms with Crippen molar-refractivity contribution in [2.45, 2.75) is 24.7 Å². The number of nitrogens with two attached hydrogens (primary N) is 1. The largest absolute Gasteiger partial charge is 0.452 e. The van der Waals surface area contributed by atoms with Crippen LogP contribution >= 0.6 is 0 Å². The van der Waals surface area contributed by atoms with Crippen LogP contribution in [-0.4, -0.2) is 33.8 Å². The number of alkyl halides is 3. The molecule has 0 fully saturated rings. The highest BCUT2D eigenvalue weighted by Gasteiger charge is 2.46. The quantitative estimate of drug-likeness (QED) is 0.775. The minimum absolute atomic E-state index is 0.00914. The highest BCUT2D eigenvalue weighted by Crippen LogP contribution is 2.34. The Morgan fingerprint density at radius 1 is 1.43 bits per heavy atom. The molecule has 0 bridgehead atoms. The second-order valence-corrected chi connectivity index (χ2v) is 6.47. The van der Waals surface area contributed by atoms with Gasteiger partial charge in [-0.05, 0) is 18.2 Å². The predicted molar refractivity (Wildman–Crippen MR) is 98.5 cm³/mol. The average molecular weight is 420 g/mol. The van der Waals surface area contributed by atoms with E-state index in [9.17, 15) is 22.8 Å². The molecule has 2 unspecified atom stereocenters. The van der Waals surface area contributed by atoms with Gasteiger partial charge in [0.25, 0.3) is 17.5 Å². The Labute approximate surface area is 167 Å². The fraction of sp³-hybridized carbons (Fsp3) is 0.278. The number of carbonyl (C=O) groups excluding carboxylic acids is 1. The van der Waals surface area contributed by atoms with E-state index >= 15 is 0 Å². The number of halogens is 3. The fourth-order valence-electron chi connectivity index (χ4n) is 2.86. The van der Waals surface area contributed by atoms with Gasteiger partial charge < -0.3 is 20.4 Å². The molecule has 9 nitrogen and oxygen atoms in total. The molecule has 1 aliphatic heterocycles. The van der Waals surface area contributed by atoms with E-state index in [0.29, 0.717) is 0 Å². The van der Waals surface area contributed by atoms with Gasteiger partial charge in [-0.15, -0.1) is 0 Å². The van der Waals surface area contributed by atoms with Crippen LogP contribution < -0.4 is 16.6 Å². The molecule has 3 N–H and O–H groups in total. The second-order valence-electron chi connectivity index (χ2n) is 6.47. The third kappa shape index (κ3) is 4.40. The van der Waals surface area contributed by atoms with Gasteiger partial charge in [-0.2, -0.15) is 18.4 Å². The van der Waals surface area contributed by atoms with Gasteiger partial charge in [0.1, 0.15) is 11.8 Å². The van der Waals surface area contributed by atoms with E-state index in [2.05, 4.69) is 20.0 Å². The van der Waals surface area contributed by atoms with Crippen molar-refractivity contribution >= 4 is 17.6 Å². The summed E-state index contributed by atoms with van der Waals surface area (Å²) >= 11 is 0. The summed E-state index contributed by atoms with van der Waals surface area (Å²) in [6, 6.07) is 3.99. The molecule has 156 valence electrons. The number of anilines is 1. The number of aromatic nitrogens is 2. The van der Waals surface area contributed by atoms with Crippen LogP contribution in [0.1, 0.15) is 34.1 Å². The summed E-state index contributed by atoms with van der Waals surface area (Å²) in [7, 11) is 1.38. The summed E-state index contributed by atoms with van der Waals surface area (Å²) in [5.74, 6) is -0.632. The van der Waals surface area contributed by atoms with Crippen LogP contribution in [0, 0.1) is 11.3 Å². The summed E-state index contributed by atoms with van der Waals surface area (Å²) in [5, 5.41) is 11.3. The maximum absolute atomic E-state index is 13.1. The lowest BCUT2D eigenvalue weighted by atomic mass is 10.0. The number of rotatable bonds is 3. The van der Waals surface area contributed by atoms with Gasteiger partial charge in [0, 0.05) is 31.4 Å². The molecule has 0 spiro atoms. The van der Waals surface area contributed by atoms with Crippen molar-refractivity contribution in [3.05, 3.63) is 57.8 Å². The van der Waals surface area contributed by atoms with E-state index in [1.165, 1.54) is 37.6 Å². The molecule has 0 saturated heterocycles. The number of aryl methyl sites for hydroxylation is 1. The maximum atomic E-state index is 13.1. The van der Waals surface area contributed by atoms with Crippen molar-refractivity contribution in [3.8, 4) is 6.07 Å². The van der Waals surface area contributed by atoms with Gasteiger partial charge in [-0.1, -0.05) is 0 Å². The van der Waals surface area contributed by atoms with E-state index in [1.807, 2.05) is 6.07 Å². The minimum Gasteiger partial charge on any atom is -0.452 e. The Kier molecular flexibility index (Phi) is 5.46. The van der Waals surface area contributed by atoms with E-state index in [-0.39, 0.29) is 22.5 Å². The van der Waals surface area contributed by atoms with Crippen molar-refractivity contribution in [2.24, 2.45) is 17.8 Å². The fourth-order valence-corrected chi connectivity index (χ4v) is 2.86. The van der Waals surface area contributed by atoms with Crippen LogP contribution in [0.15, 0.2) is 40.4 Å². The van der Waals surface area contributed by atoms with Crippen LogP contribution in [0.4, 0.5) is 18.9 Å². The maximum Gasteiger partial charge on any atom is 0.425 e. The zero-order valence-corrected chi connectivity index (χ0v) is 15.5. The molecule has 1 amide bonds. The number of nitrogens with one attached hydrogen (secondary N) is 1.